The molecule has 0 aliphatic rings. The van der Waals surface area contributed by atoms with Crippen LogP contribution in [0.25, 0.3) is 0 Å². The summed E-state index contributed by atoms with van der Waals surface area (Å²) in [7, 11) is 2.13. The van der Waals surface area contributed by atoms with Gasteiger partial charge in [-0.05, 0) is 36.2 Å². The molecular formula is C17H23N3. The lowest BCUT2D eigenvalue weighted by molar-refractivity contribution is 0.258. The second kappa shape index (κ2) is 7.17. The van der Waals surface area contributed by atoms with Crippen molar-refractivity contribution in [2.24, 2.45) is 11.7 Å². The molecule has 1 heterocycles. The summed E-state index contributed by atoms with van der Waals surface area (Å²) in [5, 5.41) is 0. The third-order valence-corrected chi connectivity index (χ3v) is 3.60. The summed E-state index contributed by atoms with van der Waals surface area (Å²) in [6.07, 6.45) is 3.67. The van der Waals surface area contributed by atoms with Crippen LogP contribution in [-0.2, 0) is 6.54 Å². The van der Waals surface area contributed by atoms with E-state index in [1.54, 1.807) is 0 Å². The van der Waals surface area contributed by atoms with Crippen molar-refractivity contribution in [2.45, 2.75) is 19.5 Å². The highest BCUT2D eigenvalue weighted by atomic mass is 15.1. The van der Waals surface area contributed by atoms with Gasteiger partial charge in [0, 0.05) is 31.5 Å². The molecular weight excluding hydrogens is 246 g/mol. The Morgan fingerprint density at radius 2 is 1.75 bits per heavy atom. The summed E-state index contributed by atoms with van der Waals surface area (Å²) in [6.45, 7) is 4.10. The maximum absolute atomic E-state index is 6.34. The predicted molar refractivity (Wildman–Crippen MR) is 83.1 cm³/mol. The van der Waals surface area contributed by atoms with Crippen LogP contribution in [0.15, 0.2) is 54.9 Å². The Balaban J connectivity index is 1.89. The normalized spacial score (nSPS) is 14.2. The van der Waals surface area contributed by atoms with Crippen LogP contribution in [-0.4, -0.2) is 23.5 Å². The monoisotopic (exact) mass is 269 g/mol. The molecule has 2 unspecified atom stereocenters. The quantitative estimate of drug-likeness (QED) is 0.877. The molecule has 2 N–H and O–H groups in total. The van der Waals surface area contributed by atoms with Crippen LogP contribution < -0.4 is 5.73 Å². The van der Waals surface area contributed by atoms with Crippen molar-refractivity contribution in [3.63, 3.8) is 0 Å². The first-order valence-corrected chi connectivity index (χ1v) is 7.05. The average Bonchev–Trinajstić information content (AvgIpc) is 2.48. The van der Waals surface area contributed by atoms with Crippen LogP contribution in [0.1, 0.15) is 24.1 Å². The minimum absolute atomic E-state index is 0.0797. The second-order valence-electron chi connectivity index (χ2n) is 5.47. The summed E-state index contributed by atoms with van der Waals surface area (Å²) in [6, 6.07) is 14.5. The molecule has 0 amide bonds. The number of pyridine rings is 1. The lowest BCUT2D eigenvalue weighted by atomic mass is 9.95. The van der Waals surface area contributed by atoms with Crippen molar-refractivity contribution < 1.29 is 0 Å². The van der Waals surface area contributed by atoms with Gasteiger partial charge in [-0.15, -0.1) is 0 Å². The van der Waals surface area contributed by atoms with Gasteiger partial charge in [0.15, 0.2) is 0 Å². The zero-order valence-corrected chi connectivity index (χ0v) is 12.2. The van der Waals surface area contributed by atoms with Crippen molar-refractivity contribution >= 4 is 0 Å². The van der Waals surface area contributed by atoms with E-state index in [1.165, 1.54) is 11.1 Å². The number of nitrogens with two attached hydrogens (primary N) is 1. The number of hydrogen-bond donors (Lipinski definition) is 1. The second-order valence-corrected chi connectivity index (χ2v) is 5.47. The van der Waals surface area contributed by atoms with E-state index in [0.29, 0.717) is 5.92 Å². The summed E-state index contributed by atoms with van der Waals surface area (Å²) in [4.78, 5) is 6.35. The van der Waals surface area contributed by atoms with Gasteiger partial charge in [-0.2, -0.15) is 0 Å². The van der Waals surface area contributed by atoms with Gasteiger partial charge >= 0.3 is 0 Å². The Morgan fingerprint density at radius 3 is 2.40 bits per heavy atom. The zero-order chi connectivity index (χ0) is 14.4. The molecule has 106 valence electrons. The number of hydrogen-bond acceptors (Lipinski definition) is 3. The first-order valence-electron chi connectivity index (χ1n) is 7.05. The Bertz CT molecular complexity index is 498. The Morgan fingerprint density at radius 1 is 1.10 bits per heavy atom. The number of aromatic nitrogens is 1. The standard InChI is InChI=1S/C17H23N3/c1-14(17(18)16-6-4-3-5-7-16)12-20(2)13-15-8-10-19-11-9-15/h3-11,14,17H,12-13,18H2,1-2H3. The van der Waals surface area contributed by atoms with Gasteiger partial charge < -0.3 is 10.6 Å². The molecule has 2 rings (SSSR count). The van der Waals surface area contributed by atoms with Crippen LogP contribution >= 0.6 is 0 Å². The van der Waals surface area contributed by atoms with Crippen molar-refractivity contribution in [2.75, 3.05) is 13.6 Å². The minimum Gasteiger partial charge on any atom is -0.324 e. The average molecular weight is 269 g/mol. The van der Waals surface area contributed by atoms with Gasteiger partial charge in [0.1, 0.15) is 0 Å². The van der Waals surface area contributed by atoms with Crippen LogP contribution in [0.5, 0.6) is 0 Å². The van der Waals surface area contributed by atoms with Gasteiger partial charge in [0.05, 0.1) is 0 Å². The molecule has 0 spiro atoms. The highest BCUT2D eigenvalue weighted by Crippen LogP contribution is 2.20. The third-order valence-electron chi connectivity index (χ3n) is 3.60. The summed E-state index contributed by atoms with van der Waals surface area (Å²) in [5.74, 6) is 0.407. The topological polar surface area (TPSA) is 42.2 Å². The Kier molecular flexibility index (Phi) is 5.27. The van der Waals surface area contributed by atoms with Gasteiger partial charge in [-0.3, -0.25) is 4.98 Å². The fourth-order valence-electron chi connectivity index (χ4n) is 2.47. The number of benzene rings is 1. The van der Waals surface area contributed by atoms with E-state index < -0.39 is 0 Å². The first-order chi connectivity index (χ1) is 9.66. The molecule has 20 heavy (non-hydrogen) atoms. The van der Waals surface area contributed by atoms with E-state index >= 15 is 0 Å². The molecule has 0 aliphatic heterocycles. The lowest BCUT2D eigenvalue weighted by Crippen LogP contribution is -2.30. The molecule has 3 heteroatoms. The molecule has 3 nitrogen and oxygen atoms in total. The van der Waals surface area contributed by atoms with E-state index in [9.17, 15) is 0 Å². The van der Waals surface area contributed by atoms with E-state index in [2.05, 4.69) is 48.1 Å². The van der Waals surface area contributed by atoms with Crippen LogP contribution in [0.2, 0.25) is 0 Å². The van der Waals surface area contributed by atoms with Crippen LogP contribution in [0, 0.1) is 5.92 Å². The fraction of sp³-hybridized carbons (Fsp3) is 0.353. The fourth-order valence-corrected chi connectivity index (χ4v) is 2.47. The Hall–Kier alpha value is -1.71. The van der Waals surface area contributed by atoms with E-state index in [0.717, 1.165) is 13.1 Å². The predicted octanol–water partition coefficient (Wildman–Crippen LogP) is 2.85. The molecule has 2 atom stereocenters. The third kappa shape index (κ3) is 4.15. The van der Waals surface area contributed by atoms with E-state index in [1.807, 2.05) is 30.6 Å². The molecule has 0 fully saturated rings. The first kappa shape index (κ1) is 14.7. The lowest BCUT2D eigenvalue weighted by Gasteiger charge is -2.26. The van der Waals surface area contributed by atoms with Crippen molar-refractivity contribution in [3.05, 3.63) is 66.0 Å². The molecule has 2 aromatic rings. The smallest absolute Gasteiger partial charge is 0.0333 e. The Labute approximate surface area is 121 Å². The summed E-state index contributed by atoms with van der Waals surface area (Å²) >= 11 is 0. The summed E-state index contributed by atoms with van der Waals surface area (Å²) < 4.78 is 0. The summed E-state index contributed by atoms with van der Waals surface area (Å²) in [5.41, 5.74) is 8.83. The minimum atomic E-state index is 0.0797. The maximum atomic E-state index is 6.34. The van der Waals surface area contributed by atoms with Crippen molar-refractivity contribution in [1.29, 1.82) is 0 Å². The molecule has 1 aromatic carbocycles. The molecule has 0 saturated carbocycles. The molecule has 0 saturated heterocycles. The van der Waals surface area contributed by atoms with Crippen molar-refractivity contribution in [1.82, 2.24) is 9.88 Å². The van der Waals surface area contributed by atoms with Gasteiger partial charge in [0.2, 0.25) is 0 Å². The zero-order valence-electron chi connectivity index (χ0n) is 12.2. The molecule has 0 radical (unpaired) electrons. The van der Waals surface area contributed by atoms with E-state index in [-0.39, 0.29) is 6.04 Å². The van der Waals surface area contributed by atoms with Gasteiger partial charge in [0.25, 0.3) is 0 Å². The molecule has 0 bridgehead atoms. The highest BCUT2D eigenvalue weighted by molar-refractivity contribution is 5.19. The van der Waals surface area contributed by atoms with Crippen LogP contribution in [0.3, 0.4) is 0 Å². The largest absolute Gasteiger partial charge is 0.324 e. The molecule has 0 aliphatic carbocycles. The number of nitrogens with zero attached hydrogens (tertiary/aromatic N) is 2. The number of rotatable bonds is 6. The van der Waals surface area contributed by atoms with Crippen LogP contribution in [0.4, 0.5) is 0 Å². The van der Waals surface area contributed by atoms with Crippen molar-refractivity contribution in [3.8, 4) is 0 Å². The molecule has 1 aromatic heterocycles. The van der Waals surface area contributed by atoms with E-state index in [4.69, 9.17) is 5.73 Å². The SMILES string of the molecule is CC(CN(C)Cc1ccncc1)C(N)c1ccccc1. The van der Waals surface area contributed by atoms with Gasteiger partial charge in [-0.25, -0.2) is 0 Å². The van der Waals surface area contributed by atoms with Gasteiger partial charge in [-0.1, -0.05) is 37.3 Å². The maximum Gasteiger partial charge on any atom is 0.0333 e. The highest BCUT2D eigenvalue weighted by Gasteiger charge is 2.16.